The molecule has 0 unspecified atom stereocenters. The van der Waals surface area contributed by atoms with Crippen molar-refractivity contribution in [3.05, 3.63) is 18.2 Å². The Morgan fingerprint density at radius 2 is 2.06 bits per heavy atom. The maximum absolute atomic E-state index is 11.8. The molecule has 0 spiro atoms. The maximum Gasteiger partial charge on any atom is 0.230 e. The van der Waals surface area contributed by atoms with Crippen molar-refractivity contribution in [2.45, 2.75) is 10.8 Å². The van der Waals surface area contributed by atoms with E-state index in [0.717, 1.165) is 0 Å². The van der Waals surface area contributed by atoms with E-state index in [9.17, 15) is 4.79 Å². The van der Waals surface area contributed by atoms with E-state index in [1.165, 1.54) is 7.11 Å². The maximum atomic E-state index is 11.8. The van der Waals surface area contributed by atoms with E-state index < -0.39 is 4.33 Å². The van der Waals surface area contributed by atoms with Crippen LogP contribution in [0.25, 0.3) is 0 Å². The summed E-state index contributed by atoms with van der Waals surface area (Å²) in [4.78, 5) is 11.8. The molecule has 0 aromatic heterocycles. The Kier molecular flexibility index (Phi) is 3.59. The van der Waals surface area contributed by atoms with Crippen molar-refractivity contribution < 1.29 is 14.3 Å². The van der Waals surface area contributed by atoms with Crippen LogP contribution < -0.4 is 14.8 Å². The number of methoxy groups -OCH3 is 2. The first-order chi connectivity index (χ1) is 8.47. The van der Waals surface area contributed by atoms with E-state index in [-0.39, 0.29) is 11.8 Å². The minimum atomic E-state index is -0.927. The Morgan fingerprint density at radius 3 is 2.56 bits per heavy atom. The molecular formula is C12H13Cl2NO3. The third-order valence-corrected chi connectivity index (χ3v) is 3.64. The van der Waals surface area contributed by atoms with E-state index in [1.807, 2.05) is 0 Å². The molecule has 18 heavy (non-hydrogen) atoms. The lowest BCUT2D eigenvalue weighted by molar-refractivity contribution is -0.117. The molecule has 1 aliphatic carbocycles. The van der Waals surface area contributed by atoms with Crippen molar-refractivity contribution in [1.82, 2.24) is 0 Å². The fraction of sp³-hybridized carbons (Fsp3) is 0.417. The number of carbonyl (C=O) groups is 1. The number of halogens is 2. The average Bonchev–Trinajstić information content (AvgIpc) is 2.99. The Balaban J connectivity index is 2.12. The minimum Gasteiger partial charge on any atom is -0.497 e. The molecule has 0 saturated heterocycles. The van der Waals surface area contributed by atoms with Gasteiger partial charge in [0.25, 0.3) is 0 Å². The summed E-state index contributed by atoms with van der Waals surface area (Å²) >= 11 is 11.7. The fourth-order valence-corrected chi connectivity index (χ4v) is 2.13. The minimum absolute atomic E-state index is 0.205. The van der Waals surface area contributed by atoms with Crippen LogP contribution in [0.4, 0.5) is 5.69 Å². The number of hydrogen-bond donors (Lipinski definition) is 1. The van der Waals surface area contributed by atoms with Crippen molar-refractivity contribution in [1.29, 1.82) is 0 Å². The van der Waals surface area contributed by atoms with E-state index in [2.05, 4.69) is 5.32 Å². The molecule has 0 heterocycles. The van der Waals surface area contributed by atoms with Crippen LogP contribution in [-0.4, -0.2) is 24.5 Å². The SMILES string of the molecule is COc1ccc(NC(=O)[C@@H]2CC2(Cl)Cl)c(OC)c1. The van der Waals surface area contributed by atoms with Gasteiger partial charge in [0.15, 0.2) is 0 Å². The smallest absolute Gasteiger partial charge is 0.230 e. The van der Waals surface area contributed by atoms with Crippen LogP contribution in [-0.2, 0) is 4.79 Å². The van der Waals surface area contributed by atoms with Crippen molar-refractivity contribution >= 4 is 34.8 Å². The fourth-order valence-electron chi connectivity index (χ4n) is 1.62. The Bertz CT molecular complexity index is 476. The first-order valence-corrected chi connectivity index (χ1v) is 6.14. The zero-order chi connectivity index (χ0) is 13.3. The Hall–Kier alpha value is -1.13. The van der Waals surface area contributed by atoms with E-state index in [1.54, 1.807) is 25.3 Å². The van der Waals surface area contributed by atoms with Gasteiger partial charge in [0.05, 0.1) is 25.8 Å². The lowest BCUT2D eigenvalue weighted by Gasteiger charge is -2.11. The number of alkyl halides is 2. The molecule has 0 bridgehead atoms. The highest BCUT2D eigenvalue weighted by atomic mass is 35.5. The lowest BCUT2D eigenvalue weighted by Crippen LogP contribution is -2.17. The monoisotopic (exact) mass is 289 g/mol. The second-order valence-electron chi connectivity index (χ2n) is 4.07. The summed E-state index contributed by atoms with van der Waals surface area (Å²) in [7, 11) is 3.08. The molecule has 2 rings (SSSR count). The molecule has 1 aromatic rings. The van der Waals surface area contributed by atoms with Gasteiger partial charge < -0.3 is 14.8 Å². The number of anilines is 1. The highest BCUT2D eigenvalue weighted by Crippen LogP contribution is 2.53. The molecule has 1 aliphatic rings. The molecule has 1 saturated carbocycles. The van der Waals surface area contributed by atoms with Crippen LogP contribution in [0.15, 0.2) is 18.2 Å². The molecule has 1 N–H and O–H groups in total. The lowest BCUT2D eigenvalue weighted by atomic mass is 10.2. The molecule has 4 nitrogen and oxygen atoms in total. The van der Waals surface area contributed by atoms with Gasteiger partial charge in [0.1, 0.15) is 15.8 Å². The summed E-state index contributed by atoms with van der Waals surface area (Å²) < 4.78 is 9.33. The topological polar surface area (TPSA) is 47.6 Å². The van der Waals surface area contributed by atoms with Crippen LogP contribution in [0, 0.1) is 5.92 Å². The Labute approximate surface area is 115 Å². The van der Waals surface area contributed by atoms with Gasteiger partial charge in [-0.1, -0.05) is 0 Å². The summed E-state index contributed by atoms with van der Waals surface area (Å²) in [5.41, 5.74) is 0.569. The highest BCUT2D eigenvalue weighted by molar-refractivity contribution is 6.52. The number of hydrogen-bond acceptors (Lipinski definition) is 3. The van der Waals surface area contributed by atoms with Crippen LogP contribution in [0.1, 0.15) is 6.42 Å². The van der Waals surface area contributed by atoms with Crippen LogP contribution in [0.5, 0.6) is 11.5 Å². The zero-order valence-electron chi connectivity index (χ0n) is 10.00. The summed E-state index contributed by atoms with van der Waals surface area (Å²) in [6.45, 7) is 0. The molecular weight excluding hydrogens is 277 g/mol. The summed E-state index contributed by atoms with van der Waals surface area (Å²) in [5.74, 6) is 0.606. The van der Waals surface area contributed by atoms with E-state index in [0.29, 0.717) is 23.6 Å². The van der Waals surface area contributed by atoms with Gasteiger partial charge in [0.2, 0.25) is 5.91 Å². The number of nitrogens with one attached hydrogen (secondary N) is 1. The molecule has 1 fully saturated rings. The van der Waals surface area contributed by atoms with Crippen molar-refractivity contribution in [2.24, 2.45) is 5.92 Å². The molecule has 1 amide bonds. The molecule has 6 heteroatoms. The number of rotatable bonds is 4. The Morgan fingerprint density at radius 1 is 1.39 bits per heavy atom. The number of carbonyl (C=O) groups excluding carboxylic acids is 1. The normalized spacial score (nSPS) is 20.1. The highest BCUT2D eigenvalue weighted by Gasteiger charge is 2.56. The van der Waals surface area contributed by atoms with Crippen molar-refractivity contribution in [3.8, 4) is 11.5 Å². The van der Waals surface area contributed by atoms with Gasteiger partial charge in [-0.15, -0.1) is 23.2 Å². The molecule has 1 aromatic carbocycles. The molecule has 0 radical (unpaired) electrons. The second kappa shape index (κ2) is 4.86. The molecule has 0 aliphatic heterocycles. The van der Waals surface area contributed by atoms with E-state index in [4.69, 9.17) is 32.7 Å². The average molecular weight is 290 g/mol. The van der Waals surface area contributed by atoms with Crippen LogP contribution in [0.3, 0.4) is 0 Å². The summed E-state index contributed by atoms with van der Waals surface area (Å²) in [6, 6.07) is 5.14. The third kappa shape index (κ3) is 2.65. The quantitative estimate of drug-likeness (QED) is 0.867. The van der Waals surface area contributed by atoms with E-state index >= 15 is 0 Å². The van der Waals surface area contributed by atoms with Crippen LogP contribution >= 0.6 is 23.2 Å². The zero-order valence-corrected chi connectivity index (χ0v) is 11.5. The number of amides is 1. The standard InChI is InChI=1S/C12H13Cl2NO3/c1-17-7-3-4-9(10(5-7)18-2)15-11(16)8-6-12(8,13)14/h3-5,8H,6H2,1-2H3,(H,15,16)/t8-/m0/s1. The van der Waals surface area contributed by atoms with Crippen LogP contribution in [0.2, 0.25) is 0 Å². The number of ether oxygens (including phenoxy) is 2. The van der Waals surface area contributed by atoms with Crippen molar-refractivity contribution in [3.63, 3.8) is 0 Å². The first kappa shape index (κ1) is 13.3. The van der Waals surface area contributed by atoms with Gasteiger partial charge in [-0.3, -0.25) is 4.79 Å². The largest absolute Gasteiger partial charge is 0.497 e. The molecule has 98 valence electrons. The molecule has 1 atom stereocenters. The second-order valence-corrected chi connectivity index (χ2v) is 5.62. The van der Waals surface area contributed by atoms with Crippen molar-refractivity contribution in [2.75, 3.05) is 19.5 Å². The van der Waals surface area contributed by atoms with Gasteiger partial charge in [0, 0.05) is 6.07 Å². The third-order valence-electron chi connectivity index (χ3n) is 2.81. The number of benzene rings is 1. The van der Waals surface area contributed by atoms with Gasteiger partial charge in [-0.2, -0.15) is 0 Å². The predicted octanol–water partition coefficient (Wildman–Crippen LogP) is 2.84. The summed E-state index contributed by atoms with van der Waals surface area (Å²) in [5, 5.41) is 2.74. The van der Waals surface area contributed by atoms with Gasteiger partial charge in [-0.25, -0.2) is 0 Å². The first-order valence-electron chi connectivity index (χ1n) is 5.38. The predicted molar refractivity (Wildman–Crippen MR) is 70.7 cm³/mol. The van der Waals surface area contributed by atoms with Gasteiger partial charge in [-0.05, 0) is 18.6 Å². The summed E-state index contributed by atoms with van der Waals surface area (Å²) in [6.07, 6.45) is 0.473. The van der Waals surface area contributed by atoms with Gasteiger partial charge >= 0.3 is 0 Å².